The summed E-state index contributed by atoms with van der Waals surface area (Å²) in [5.41, 5.74) is 4.06. The fourth-order valence-corrected chi connectivity index (χ4v) is 11.3. The Kier molecular flexibility index (Phi) is 8.25. The van der Waals surface area contributed by atoms with Gasteiger partial charge in [-0.05, 0) is 23.6 Å². The molecule has 5 rings (SSSR count). The average Bonchev–Trinajstić information content (AvgIpc) is 3.34. The standard InChI is InChI=1S/C21H29NOSi2.C5H5.CH3.Co/c1-24(2,3)17-13-14-11-12-18(23)22-16-10-8-7-9-15(16)19(20(14)22)21(17)25(4,5)6;1-2-4-5-3-1;;/h7-10,13,19-20H,11-12H2,1-6H3;1-5H;1H3;/q;;-1;/t19-,20-;;;/m0.../s1. The number of allylic oxidation sites excluding steroid dienone is 6. The van der Waals surface area contributed by atoms with Crippen LogP contribution in [0.2, 0.25) is 39.3 Å². The quantitative estimate of drug-likeness (QED) is 0.311. The molecule has 2 radical (unpaired) electrons. The molecular formula is C27H37CoNOSi2-. The van der Waals surface area contributed by atoms with E-state index in [4.69, 9.17) is 0 Å². The van der Waals surface area contributed by atoms with Crippen LogP contribution in [-0.2, 0) is 21.6 Å². The van der Waals surface area contributed by atoms with Gasteiger partial charge in [-0.1, -0.05) is 98.3 Å². The summed E-state index contributed by atoms with van der Waals surface area (Å²) in [6.07, 6.45) is 14.1. The maximum absolute atomic E-state index is 12.8. The smallest absolute Gasteiger partial charge is 0.227 e. The molecule has 0 unspecified atom stereocenters. The normalized spacial score (nSPS) is 22.9. The Bertz CT molecular complexity index is 982. The SMILES string of the molecule is C[Si](C)(C)C1=C([Si](C)(C)C)[C@H]2c3ccccc3N3C(=O)CCC(=C1)[C@@H]23.[CH3-].[CH]1C=CC=C1.[Co]. The molecule has 2 aliphatic heterocycles. The minimum absolute atomic E-state index is 0. The number of piperidine rings is 1. The Hall–Kier alpha value is -1.41. The minimum atomic E-state index is -1.52. The molecule has 174 valence electrons. The van der Waals surface area contributed by atoms with Crippen LogP contribution in [0.25, 0.3) is 0 Å². The van der Waals surface area contributed by atoms with E-state index in [2.05, 4.69) is 74.5 Å². The van der Waals surface area contributed by atoms with Crippen molar-refractivity contribution in [2.45, 2.75) is 64.1 Å². The van der Waals surface area contributed by atoms with Gasteiger partial charge in [0, 0.05) is 41.2 Å². The van der Waals surface area contributed by atoms with Gasteiger partial charge in [0.2, 0.25) is 5.91 Å². The molecule has 32 heavy (non-hydrogen) atoms. The Labute approximate surface area is 207 Å². The van der Waals surface area contributed by atoms with Gasteiger partial charge in [0.15, 0.2) is 0 Å². The number of para-hydroxylation sites is 1. The third kappa shape index (κ3) is 4.76. The first-order valence-electron chi connectivity index (χ1n) is 11.1. The Morgan fingerprint density at radius 3 is 2.03 bits per heavy atom. The molecule has 0 spiro atoms. The molecule has 2 aliphatic carbocycles. The molecule has 5 heteroatoms. The van der Waals surface area contributed by atoms with Gasteiger partial charge < -0.3 is 12.3 Å². The molecule has 1 saturated heterocycles. The largest absolute Gasteiger partial charge is 0.358 e. The predicted octanol–water partition coefficient (Wildman–Crippen LogP) is 7.04. The Morgan fingerprint density at radius 2 is 1.50 bits per heavy atom. The van der Waals surface area contributed by atoms with E-state index < -0.39 is 16.1 Å². The van der Waals surface area contributed by atoms with E-state index >= 15 is 0 Å². The second-order valence-corrected chi connectivity index (χ2v) is 20.8. The molecule has 1 aromatic carbocycles. The van der Waals surface area contributed by atoms with Crippen molar-refractivity contribution < 1.29 is 21.6 Å². The molecule has 2 atom stereocenters. The topological polar surface area (TPSA) is 20.3 Å². The van der Waals surface area contributed by atoms with Gasteiger partial charge in [-0.25, -0.2) is 0 Å². The van der Waals surface area contributed by atoms with Gasteiger partial charge in [-0.3, -0.25) is 4.79 Å². The van der Waals surface area contributed by atoms with Crippen molar-refractivity contribution in [3.63, 3.8) is 0 Å². The van der Waals surface area contributed by atoms with Gasteiger partial charge in [0.1, 0.15) is 0 Å². The number of rotatable bonds is 2. The van der Waals surface area contributed by atoms with Crippen molar-refractivity contribution in [3.8, 4) is 0 Å². The molecule has 2 nitrogen and oxygen atoms in total. The van der Waals surface area contributed by atoms with Crippen LogP contribution in [0, 0.1) is 13.8 Å². The van der Waals surface area contributed by atoms with E-state index in [-0.39, 0.29) is 30.2 Å². The van der Waals surface area contributed by atoms with E-state index in [0.29, 0.717) is 18.2 Å². The van der Waals surface area contributed by atoms with Gasteiger partial charge in [0.05, 0.1) is 22.2 Å². The van der Waals surface area contributed by atoms with Crippen LogP contribution >= 0.6 is 0 Å². The zero-order valence-corrected chi connectivity index (χ0v) is 23.6. The molecule has 1 fully saturated rings. The number of amides is 1. The number of hydrogen-bond acceptors (Lipinski definition) is 1. The Balaban J connectivity index is 0.000000460. The third-order valence-corrected chi connectivity index (χ3v) is 11.0. The van der Waals surface area contributed by atoms with Crippen LogP contribution < -0.4 is 4.90 Å². The van der Waals surface area contributed by atoms with Crippen molar-refractivity contribution in [1.82, 2.24) is 0 Å². The molecule has 0 bridgehead atoms. The van der Waals surface area contributed by atoms with E-state index in [1.807, 2.05) is 30.7 Å². The third-order valence-electron chi connectivity index (χ3n) is 6.50. The van der Waals surface area contributed by atoms with Crippen molar-refractivity contribution in [1.29, 1.82) is 0 Å². The summed E-state index contributed by atoms with van der Waals surface area (Å²) in [5, 5.41) is 3.39. The van der Waals surface area contributed by atoms with Crippen LogP contribution in [0.15, 0.2) is 70.6 Å². The summed E-state index contributed by atoms with van der Waals surface area (Å²) in [6, 6.07) is 8.91. The van der Waals surface area contributed by atoms with Crippen molar-refractivity contribution >= 4 is 27.7 Å². The van der Waals surface area contributed by atoms with Gasteiger partial charge in [-0.2, -0.15) is 0 Å². The molecule has 2 heterocycles. The number of benzene rings is 1. The van der Waals surface area contributed by atoms with E-state index in [0.717, 1.165) is 6.42 Å². The van der Waals surface area contributed by atoms with E-state index in [1.165, 1.54) is 16.8 Å². The number of carbonyl (C=O) groups is 1. The summed E-state index contributed by atoms with van der Waals surface area (Å²) in [6.45, 7) is 14.9. The van der Waals surface area contributed by atoms with Crippen LogP contribution in [0.5, 0.6) is 0 Å². The molecular weight excluding hydrogens is 469 g/mol. The molecule has 1 amide bonds. The number of nitrogens with zero attached hydrogens (tertiary/aromatic N) is 1. The monoisotopic (exact) mass is 506 g/mol. The summed E-state index contributed by atoms with van der Waals surface area (Å²) < 4.78 is 0. The number of fused-ring (bicyclic) bond motifs is 3. The molecule has 0 saturated carbocycles. The molecule has 0 aromatic heterocycles. The van der Waals surface area contributed by atoms with Crippen LogP contribution in [0.1, 0.15) is 24.3 Å². The van der Waals surface area contributed by atoms with Gasteiger partial charge >= 0.3 is 0 Å². The average molecular weight is 507 g/mol. The predicted molar refractivity (Wildman–Crippen MR) is 140 cm³/mol. The maximum atomic E-state index is 12.8. The van der Waals surface area contributed by atoms with E-state index in [9.17, 15) is 4.79 Å². The van der Waals surface area contributed by atoms with Crippen molar-refractivity contribution in [2.24, 2.45) is 0 Å². The fraction of sp³-hybridized carbons (Fsp3) is 0.370. The van der Waals surface area contributed by atoms with Crippen molar-refractivity contribution in [2.75, 3.05) is 4.90 Å². The number of carbonyl (C=O) groups excluding carboxylic acids is 1. The van der Waals surface area contributed by atoms with Crippen molar-refractivity contribution in [3.05, 3.63) is 90.0 Å². The van der Waals surface area contributed by atoms with Crippen LogP contribution in [0.3, 0.4) is 0 Å². The first-order chi connectivity index (χ1) is 14.1. The molecule has 4 aliphatic rings. The minimum Gasteiger partial charge on any atom is -0.358 e. The second-order valence-electron chi connectivity index (χ2n) is 10.8. The number of hydrogen-bond donors (Lipinski definition) is 0. The first-order valence-corrected chi connectivity index (χ1v) is 18.1. The zero-order valence-electron chi connectivity index (χ0n) is 20.5. The maximum Gasteiger partial charge on any atom is 0.227 e. The molecule has 0 N–H and O–H groups in total. The number of anilines is 1. The first kappa shape index (κ1) is 26.8. The van der Waals surface area contributed by atoms with Crippen LogP contribution in [0.4, 0.5) is 5.69 Å². The zero-order chi connectivity index (χ0) is 21.7. The van der Waals surface area contributed by atoms with Gasteiger partial charge in [0.25, 0.3) is 0 Å². The summed E-state index contributed by atoms with van der Waals surface area (Å²) in [4.78, 5) is 14.9. The fourth-order valence-electron chi connectivity index (χ4n) is 5.34. The summed E-state index contributed by atoms with van der Waals surface area (Å²) in [5.74, 6) is 0.706. The second kappa shape index (κ2) is 9.84. The van der Waals surface area contributed by atoms with E-state index in [1.54, 1.807) is 10.4 Å². The summed E-state index contributed by atoms with van der Waals surface area (Å²) >= 11 is 0. The van der Waals surface area contributed by atoms with Gasteiger partial charge in [-0.15, -0.1) is 0 Å². The summed E-state index contributed by atoms with van der Waals surface area (Å²) in [7, 11) is -2.97. The van der Waals surface area contributed by atoms with Crippen LogP contribution in [-0.4, -0.2) is 28.1 Å². The Morgan fingerprint density at radius 1 is 0.875 bits per heavy atom. The molecule has 1 aromatic rings.